The fourth-order valence-electron chi connectivity index (χ4n) is 4.69. The number of hydrogen-bond donors (Lipinski definition) is 0. The van der Waals surface area contributed by atoms with Gasteiger partial charge in [-0.3, -0.25) is 4.79 Å². The standard InChI is InChI=1S/C20H24N2O5S2/c23-19(8-5-13-3-1-2-4-13)21-20-22(15-10-29(24,25)11-18(15)28-20)14-6-7-16-17(9-14)27-12-26-16/h6-7,9,13,15,18H,1-5,8,10-12H2. The number of benzene rings is 1. The van der Waals surface area contributed by atoms with E-state index in [9.17, 15) is 13.2 Å². The number of thioether (sulfide) groups is 1. The average molecular weight is 437 g/mol. The Morgan fingerprint density at radius 2 is 1.97 bits per heavy atom. The van der Waals surface area contributed by atoms with Crippen LogP contribution in [0, 0.1) is 5.92 Å². The second-order valence-corrected chi connectivity index (χ2v) is 11.5. The van der Waals surface area contributed by atoms with Crippen LogP contribution in [0.2, 0.25) is 0 Å². The first kappa shape index (κ1) is 19.2. The maximum absolute atomic E-state index is 12.6. The van der Waals surface area contributed by atoms with Crippen LogP contribution in [-0.4, -0.2) is 49.1 Å². The van der Waals surface area contributed by atoms with Crippen LogP contribution in [0.25, 0.3) is 0 Å². The van der Waals surface area contributed by atoms with Crippen molar-refractivity contribution in [2.24, 2.45) is 10.9 Å². The van der Waals surface area contributed by atoms with Gasteiger partial charge in [-0.2, -0.15) is 4.99 Å². The molecule has 5 rings (SSSR count). The van der Waals surface area contributed by atoms with E-state index in [1.807, 2.05) is 23.1 Å². The molecule has 29 heavy (non-hydrogen) atoms. The molecule has 9 heteroatoms. The van der Waals surface area contributed by atoms with Crippen LogP contribution in [0.15, 0.2) is 23.2 Å². The SMILES string of the molecule is O=C(CCC1CCCC1)N=C1SC2CS(=O)(=O)CC2N1c1ccc2c(c1)OCO2. The summed E-state index contributed by atoms with van der Waals surface area (Å²) in [5.41, 5.74) is 0.786. The van der Waals surface area contributed by atoms with Gasteiger partial charge in [0, 0.05) is 23.4 Å². The molecule has 0 bridgehead atoms. The van der Waals surface area contributed by atoms with Crippen LogP contribution in [0.4, 0.5) is 5.69 Å². The Bertz CT molecular complexity index is 956. The molecule has 0 spiro atoms. The van der Waals surface area contributed by atoms with Crippen molar-refractivity contribution < 1.29 is 22.7 Å². The fraction of sp³-hybridized carbons (Fsp3) is 0.600. The van der Waals surface area contributed by atoms with Gasteiger partial charge < -0.3 is 14.4 Å². The minimum absolute atomic E-state index is 0.0778. The molecule has 1 saturated carbocycles. The summed E-state index contributed by atoms with van der Waals surface area (Å²) < 4.78 is 35.3. The zero-order valence-electron chi connectivity index (χ0n) is 16.1. The average Bonchev–Trinajstić information content (AvgIpc) is 3.43. The molecule has 0 radical (unpaired) electrons. The molecule has 3 aliphatic heterocycles. The van der Waals surface area contributed by atoms with Crippen LogP contribution >= 0.6 is 11.8 Å². The van der Waals surface area contributed by atoms with Crippen molar-refractivity contribution in [3.63, 3.8) is 0 Å². The van der Waals surface area contributed by atoms with Crippen molar-refractivity contribution in [3.8, 4) is 11.5 Å². The molecule has 2 unspecified atom stereocenters. The first-order valence-electron chi connectivity index (χ1n) is 10.2. The summed E-state index contributed by atoms with van der Waals surface area (Å²) >= 11 is 1.41. The highest BCUT2D eigenvalue weighted by atomic mass is 32.2. The molecule has 2 saturated heterocycles. The summed E-state index contributed by atoms with van der Waals surface area (Å²) in [5.74, 6) is 2.02. The number of aliphatic imine (C=N–C) groups is 1. The van der Waals surface area contributed by atoms with Crippen molar-refractivity contribution in [1.29, 1.82) is 0 Å². The lowest BCUT2D eigenvalue weighted by molar-refractivity contribution is -0.118. The van der Waals surface area contributed by atoms with Gasteiger partial charge in [0.25, 0.3) is 0 Å². The van der Waals surface area contributed by atoms with Crippen LogP contribution in [0.5, 0.6) is 11.5 Å². The first-order chi connectivity index (χ1) is 14.0. The van der Waals surface area contributed by atoms with E-state index in [-0.39, 0.29) is 35.5 Å². The minimum Gasteiger partial charge on any atom is -0.454 e. The number of fused-ring (bicyclic) bond motifs is 2. The van der Waals surface area contributed by atoms with E-state index < -0.39 is 9.84 Å². The number of hydrogen-bond acceptors (Lipinski definition) is 6. The second-order valence-electron chi connectivity index (χ2n) is 8.19. The van der Waals surface area contributed by atoms with E-state index in [1.54, 1.807) is 0 Å². The minimum atomic E-state index is -3.09. The maximum Gasteiger partial charge on any atom is 0.248 e. The molecule has 7 nitrogen and oxygen atoms in total. The quantitative estimate of drug-likeness (QED) is 0.717. The van der Waals surface area contributed by atoms with Crippen molar-refractivity contribution >= 4 is 38.4 Å². The molecule has 1 aromatic rings. The van der Waals surface area contributed by atoms with E-state index in [0.29, 0.717) is 29.0 Å². The molecular weight excluding hydrogens is 412 g/mol. The number of carbonyl (C=O) groups is 1. The Morgan fingerprint density at radius 3 is 2.79 bits per heavy atom. The molecule has 4 aliphatic rings. The number of amides is 1. The van der Waals surface area contributed by atoms with E-state index in [0.717, 1.165) is 12.1 Å². The number of nitrogens with zero attached hydrogens (tertiary/aromatic N) is 2. The van der Waals surface area contributed by atoms with E-state index in [2.05, 4.69) is 4.99 Å². The third-order valence-corrected chi connectivity index (χ3v) is 9.37. The lowest BCUT2D eigenvalue weighted by Gasteiger charge is -2.24. The second kappa shape index (κ2) is 7.50. The Labute approximate surface area is 174 Å². The van der Waals surface area contributed by atoms with Crippen LogP contribution in [0.1, 0.15) is 38.5 Å². The topological polar surface area (TPSA) is 85.3 Å². The first-order valence-corrected chi connectivity index (χ1v) is 12.9. The van der Waals surface area contributed by atoms with Crippen molar-refractivity contribution in [2.75, 3.05) is 23.2 Å². The molecule has 0 aromatic heterocycles. The number of sulfone groups is 1. The number of ether oxygens (including phenoxy) is 2. The number of carbonyl (C=O) groups excluding carboxylic acids is 1. The normalized spacial score (nSPS) is 29.0. The molecule has 1 aromatic carbocycles. The van der Waals surface area contributed by atoms with Crippen LogP contribution in [0.3, 0.4) is 0 Å². The summed E-state index contributed by atoms with van der Waals surface area (Å²) in [4.78, 5) is 18.9. The lowest BCUT2D eigenvalue weighted by atomic mass is 10.0. The molecule has 1 amide bonds. The molecular formula is C20H24N2O5S2. The third-order valence-electron chi connectivity index (χ3n) is 6.16. The Morgan fingerprint density at radius 1 is 1.17 bits per heavy atom. The van der Waals surface area contributed by atoms with Gasteiger partial charge in [-0.15, -0.1) is 0 Å². The van der Waals surface area contributed by atoms with E-state index >= 15 is 0 Å². The van der Waals surface area contributed by atoms with Gasteiger partial charge in [-0.05, 0) is 24.5 Å². The highest BCUT2D eigenvalue weighted by Crippen LogP contribution is 2.44. The smallest absolute Gasteiger partial charge is 0.248 e. The van der Waals surface area contributed by atoms with Gasteiger partial charge in [0.05, 0.1) is 17.5 Å². The van der Waals surface area contributed by atoms with Gasteiger partial charge in [0.15, 0.2) is 26.5 Å². The predicted molar refractivity (Wildman–Crippen MR) is 112 cm³/mol. The van der Waals surface area contributed by atoms with Gasteiger partial charge in [0.1, 0.15) is 0 Å². The summed E-state index contributed by atoms with van der Waals surface area (Å²) in [7, 11) is -3.09. The van der Waals surface area contributed by atoms with Gasteiger partial charge in [-0.1, -0.05) is 37.4 Å². The zero-order chi connectivity index (χ0) is 20.0. The Kier molecular flexibility index (Phi) is 4.98. The zero-order valence-corrected chi connectivity index (χ0v) is 17.7. The molecule has 3 fully saturated rings. The van der Waals surface area contributed by atoms with Crippen molar-refractivity contribution in [1.82, 2.24) is 0 Å². The Balaban J connectivity index is 1.40. The highest BCUT2D eigenvalue weighted by molar-refractivity contribution is 8.16. The number of rotatable bonds is 4. The largest absolute Gasteiger partial charge is 0.454 e. The third kappa shape index (κ3) is 3.86. The summed E-state index contributed by atoms with van der Waals surface area (Å²) in [5, 5.41) is 0.497. The molecule has 156 valence electrons. The maximum atomic E-state index is 12.6. The van der Waals surface area contributed by atoms with Gasteiger partial charge >= 0.3 is 0 Å². The van der Waals surface area contributed by atoms with Gasteiger partial charge in [0.2, 0.25) is 12.7 Å². The fourth-order valence-corrected chi connectivity index (χ4v) is 8.62. The van der Waals surface area contributed by atoms with Crippen LogP contribution in [-0.2, 0) is 14.6 Å². The monoisotopic (exact) mass is 436 g/mol. The molecule has 1 aliphatic carbocycles. The van der Waals surface area contributed by atoms with E-state index in [4.69, 9.17) is 9.47 Å². The predicted octanol–water partition coefficient (Wildman–Crippen LogP) is 2.99. The van der Waals surface area contributed by atoms with E-state index in [1.165, 1.54) is 37.4 Å². The Hall–Kier alpha value is -1.74. The molecule has 2 atom stereocenters. The summed E-state index contributed by atoms with van der Waals surface area (Å²) in [6.07, 6.45) is 6.30. The summed E-state index contributed by atoms with van der Waals surface area (Å²) in [6.45, 7) is 0.175. The molecule has 3 heterocycles. The summed E-state index contributed by atoms with van der Waals surface area (Å²) in [6, 6.07) is 5.32. The number of anilines is 1. The van der Waals surface area contributed by atoms with Crippen LogP contribution < -0.4 is 14.4 Å². The highest BCUT2D eigenvalue weighted by Gasteiger charge is 2.49. The van der Waals surface area contributed by atoms with Gasteiger partial charge in [-0.25, -0.2) is 8.42 Å². The molecule has 0 N–H and O–H groups in total. The lowest BCUT2D eigenvalue weighted by Crippen LogP contribution is -2.37. The van der Waals surface area contributed by atoms with Crippen molar-refractivity contribution in [2.45, 2.75) is 49.8 Å². The van der Waals surface area contributed by atoms with Crippen molar-refractivity contribution in [3.05, 3.63) is 18.2 Å². The number of amidine groups is 1.